The number of nitrogens with one attached hydrogen (secondary N) is 1. The van der Waals surface area contributed by atoms with Crippen molar-refractivity contribution >= 4 is 11.6 Å². The first kappa shape index (κ1) is 13.7. The molecule has 0 spiro atoms. The molecule has 3 nitrogen and oxygen atoms in total. The second kappa shape index (κ2) is 5.60. The van der Waals surface area contributed by atoms with Crippen molar-refractivity contribution in [3.63, 3.8) is 0 Å². The van der Waals surface area contributed by atoms with Crippen LogP contribution in [0, 0.1) is 0 Å². The topological polar surface area (TPSA) is 32.3 Å². The van der Waals surface area contributed by atoms with Crippen LogP contribution in [0.5, 0.6) is 0 Å². The predicted molar refractivity (Wildman–Crippen MR) is 85.4 cm³/mol. The van der Waals surface area contributed by atoms with Crippen LogP contribution in [0.15, 0.2) is 54.6 Å². The molecule has 1 amide bonds. The van der Waals surface area contributed by atoms with Gasteiger partial charge in [0.1, 0.15) is 0 Å². The molecule has 2 aromatic rings. The summed E-state index contributed by atoms with van der Waals surface area (Å²) in [6.45, 7) is 4.90. The zero-order valence-electron chi connectivity index (χ0n) is 12.4. The van der Waals surface area contributed by atoms with Crippen LogP contribution in [0.4, 0.5) is 5.69 Å². The normalized spacial score (nSPS) is 19.4. The molecule has 0 radical (unpaired) electrons. The molecular formula is C18H20N2O. The molecule has 1 N–H and O–H groups in total. The van der Waals surface area contributed by atoms with Gasteiger partial charge < -0.3 is 10.2 Å². The molecule has 0 saturated heterocycles. The summed E-state index contributed by atoms with van der Waals surface area (Å²) in [5.41, 5.74) is 2.85. The molecule has 0 aliphatic carbocycles. The monoisotopic (exact) mass is 280 g/mol. The molecule has 2 aromatic carbocycles. The number of rotatable bonds is 2. The summed E-state index contributed by atoms with van der Waals surface area (Å²) in [6, 6.07) is 18.2. The quantitative estimate of drug-likeness (QED) is 0.909. The third kappa shape index (κ3) is 2.64. The molecule has 0 unspecified atom stereocenters. The summed E-state index contributed by atoms with van der Waals surface area (Å²) in [5.74, 6) is 0.0961. The van der Waals surface area contributed by atoms with Crippen LogP contribution in [0.2, 0.25) is 0 Å². The van der Waals surface area contributed by atoms with Crippen molar-refractivity contribution < 1.29 is 4.79 Å². The van der Waals surface area contributed by atoms with E-state index in [1.807, 2.05) is 47.4 Å². The Morgan fingerprint density at radius 2 is 1.76 bits per heavy atom. The highest BCUT2D eigenvalue weighted by Crippen LogP contribution is 2.28. The van der Waals surface area contributed by atoms with E-state index in [4.69, 9.17) is 0 Å². The lowest BCUT2D eigenvalue weighted by Gasteiger charge is -2.30. The van der Waals surface area contributed by atoms with Gasteiger partial charge in [0.2, 0.25) is 0 Å². The molecule has 108 valence electrons. The maximum Gasteiger partial charge on any atom is 0.256 e. The van der Waals surface area contributed by atoms with Gasteiger partial charge in [-0.1, -0.05) is 42.5 Å². The zero-order valence-corrected chi connectivity index (χ0v) is 12.4. The van der Waals surface area contributed by atoms with E-state index < -0.39 is 0 Å². The van der Waals surface area contributed by atoms with Crippen LogP contribution >= 0.6 is 0 Å². The molecule has 1 aliphatic rings. The summed E-state index contributed by atoms with van der Waals surface area (Å²) in [5, 5.41) is 3.43. The summed E-state index contributed by atoms with van der Waals surface area (Å²) in [6.07, 6.45) is 0. The summed E-state index contributed by atoms with van der Waals surface area (Å²) < 4.78 is 0. The van der Waals surface area contributed by atoms with Gasteiger partial charge in [0.15, 0.2) is 0 Å². The maximum atomic E-state index is 12.9. The van der Waals surface area contributed by atoms with E-state index in [1.165, 1.54) is 0 Å². The van der Waals surface area contributed by atoms with Crippen molar-refractivity contribution in [3.8, 4) is 0 Å². The number of hydrogen-bond acceptors (Lipinski definition) is 2. The molecule has 0 aromatic heterocycles. The second-order valence-corrected chi connectivity index (χ2v) is 5.64. The fraction of sp³-hybridized carbons (Fsp3) is 0.278. The largest absolute Gasteiger partial charge is 0.380 e. The number of nitrogens with zero attached hydrogens (tertiary/aromatic N) is 1. The fourth-order valence-electron chi connectivity index (χ4n) is 2.88. The lowest BCUT2D eigenvalue weighted by atomic mass is 10.1. The van der Waals surface area contributed by atoms with Crippen LogP contribution in [0.3, 0.4) is 0 Å². The minimum atomic E-state index is 0.0640. The first-order valence-corrected chi connectivity index (χ1v) is 7.38. The number of benzene rings is 2. The van der Waals surface area contributed by atoms with Gasteiger partial charge in [-0.25, -0.2) is 0 Å². The average Bonchev–Trinajstić information content (AvgIpc) is 2.64. The average molecular weight is 280 g/mol. The molecular weight excluding hydrogens is 260 g/mol. The molecule has 3 rings (SSSR count). The smallest absolute Gasteiger partial charge is 0.256 e. The number of anilines is 1. The van der Waals surface area contributed by atoms with E-state index in [2.05, 4.69) is 31.3 Å². The predicted octanol–water partition coefficient (Wildman–Crippen LogP) is 3.70. The number of hydrogen-bond donors (Lipinski definition) is 1. The summed E-state index contributed by atoms with van der Waals surface area (Å²) in [4.78, 5) is 14.8. The van der Waals surface area contributed by atoms with Crippen molar-refractivity contribution in [2.45, 2.75) is 25.9 Å². The first-order chi connectivity index (χ1) is 10.2. The minimum absolute atomic E-state index is 0.0640. The third-order valence-electron chi connectivity index (χ3n) is 4.04. The Morgan fingerprint density at radius 3 is 2.52 bits per heavy atom. The van der Waals surface area contributed by atoms with E-state index in [9.17, 15) is 4.79 Å². The Labute approximate surface area is 125 Å². The van der Waals surface area contributed by atoms with Crippen molar-refractivity contribution in [3.05, 3.63) is 65.7 Å². The van der Waals surface area contributed by atoms with Gasteiger partial charge in [0.25, 0.3) is 5.91 Å². The number of amides is 1. The molecule has 1 heterocycles. The van der Waals surface area contributed by atoms with Crippen LogP contribution in [0.1, 0.15) is 35.8 Å². The molecule has 0 bridgehead atoms. The fourth-order valence-corrected chi connectivity index (χ4v) is 2.88. The number of carbonyl (C=O) groups excluding carboxylic acids is 1. The van der Waals surface area contributed by atoms with E-state index in [0.29, 0.717) is 6.54 Å². The van der Waals surface area contributed by atoms with Crippen molar-refractivity contribution in [2.24, 2.45) is 0 Å². The van der Waals surface area contributed by atoms with E-state index in [1.54, 1.807) is 0 Å². The Bertz CT molecular complexity index is 639. The van der Waals surface area contributed by atoms with E-state index >= 15 is 0 Å². The van der Waals surface area contributed by atoms with E-state index in [-0.39, 0.29) is 18.0 Å². The van der Waals surface area contributed by atoms with Crippen molar-refractivity contribution in [2.75, 3.05) is 11.9 Å². The Balaban J connectivity index is 1.97. The van der Waals surface area contributed by atoms with Gasteiger partial charge in [-0.2, -0.15) is 0 Å². The standard InChI is InChI=1S/C18H20N2O/c1-13-12-20(14(2)15-8-4-3-5-9-15)18(21)16-10-6-7-11-17(16)19-13/h3-11,13-14,19H,12H2,1-2H3/t13-,14-/m1/s1. The summed E-state index contributed by atoms with van der Waals surface area (Å²) >= 11 is 0. The van der Waals surface area contributed by atoms with Crippen molar-refractivity contribution in [1.29, 1.82) is 0 Å². The maximum absolute atomic E-state index is 12.9. The first-order valence-electron chi connectivity index (χ1n) is 7.38. The Hall–Kier alpha value is -2.29. The van der Waals surface area contributed by atoms with Gasteiger partial charge in [-0.05, 0) is 31.5 Å². The number of fused-ring (bicyclic) bond motifs is 1. The van der Waals surface area contributed by atoms with Crippen LogP contribution < -0.4 is 5.32 Å². The lowest BCUT2D eigenvalue weighted by molar-refractivity contribution is 0.0692. The van der Waals surface area contributed by atoms with Gasteiger partial charge in [0.05, 0.1) is 11.6 Å². The Kier molecular flexibility index (Phi) is 3.65. The molecule has 0 saturated carbocycles. The van der Waals surface area contributed by atoms with Crippen LogP contribution in [0.25, 0.3) is 0 Å². The minimum Gasteiger partial charge on any atom is -0.380 e. The second-order valence-electron chi connectivity index (χ2n) is 5.64. The van der Waals surface area contributed by atoms with Gasteiger partial charge in [-0.3, -0.25) is 4.79 Å². The van der Waals surface area contributed by atoms with E-state index in [0.717, 1.165) is 16.8 Å². The van der Waals surface area contributed by atoms with Gasteiger partial charge in [-0.15, -0.1) is 0 Å². The van der Waals surface area contributed by atoms with Gasteiger partial charge >= 0.3 is 0 Å². The van der Waals surface area contributed by atoms with Gasteiger partial charge in [0, 0.05) is 18.3 Å². The molecule has 21 heavy (non-hydrogen) atoms. The molecule has 1 aliphatic heterocycles. The SMILES string of the molecule is C[C@@H]1CN([C@H](C)c2ccccc2)C(=O)c2ccccc2N1. The number of carbonyl (C=O) groups is 1. The Morgan fingerprint density at radius 1 is 1.10 bits per heavy atom. The zero-order chi connectivity index (χ0) is 14.8. The highest BCUT2D eigenvalue weighted by Gasteiger charge is 2.29. The highest BCUT2D eigenvalue weighted by molar-refractivity contribution is 6.00. The molecule has 0 fully saturated rings. The van der Waals surface area contributed by atoms with Crippen LogP contribution in [-0.4, -0.2) is 23.4 Å². The summed E-state index contributed by atoms with van der Waals surface area (Å²) in [7, 11) is 0. The van der Waals surface area contributed by atoms with Crippen LogP contribution in [-0.2, 0) is 0 Å². The molecule has 2 atom stereocenters. The third-order valence-corrected chi connectivity index (χ3v) is 4.04. The lowest BCUT2D eigenvalue weighted by Crippen LogP contribution is -2.38. The number of para-hydroxylation sites is 1. The van der Waals surface area contributed by atoms with Crippen molar-refractivity contribution in [1.82, 2.24) is 4.90 Å². The highest BCUT2D eigenvalue weighted by atomic mass is 16.2. The molecule has 3 heteroatoms.